The number of nitro groups is 1. The summed E-state index contributed by atoms with van der Waals surface area (Å²) in [6.45, 7) is 0.306. The zero-order valence-corrected chi connectivity index (χ0v) is 17.7. The fourth-order valence-corrected chi connectivity index (χ4v) is 3.43. The Morgan fingerprint density at radius 3 is 2.48 bits per heavy atom. The molecule has 0 aromatic heterocycles. The molecule has 1 N–H and O–H groups in total. The van der Waals surface area contributed by atoms with Crippen LogP contribution in [0.2, 0.25) is 0 Å². The normalized spacial score (nSPS) is 12.7. The molecule has 9 heteroatoms. The van der Waals surface area contributed by atoms with Crippen molar-refractivity contribution in [2.24, 2.45) is 0 Å². The van der Waals surface area contributed by atoms with E-state index in [0.717, 1.165) is 10.0 Å². The van der Waals surface area contributed by atoms with Gasteiger partial charge in [-0.25, -0.2) is 0 Å². The van der Waals surface area contributed by atoms with Gasteiger partial charge in [0.05, 0.1) is 17.2 Å². The van der Waals surface area contributed by atoms with Crippen LogP contribution in [0.3, 0.4) is 0 Å². The summed E-state index contributed by atoms with van der Waals surface area (Å²) < 4.78 is 6.47. The minimum absolute atomic E-state index is 0.0575. The summed E-state index contributed by atoms with van der Waals surface area (Å²) in [5.41, 5.74) is 2.17. The quantitative estimate of drug-likeness (QED) is 0.425. The molecule has 3 aromatic rings. The van der Waals surface area contributed by atoms with Crippen molar-refractivity contribution in [3.8, 4) is 5.75 Å². The van der Waals surface area contributed by atoms with Crippen molar-refractivity contribution in [3.63, 3.8) is 0 Å². The predicted octanol–water partition coefficient (Wildman–Crippen LogP) is 4.54. The molecule has 1 aliphatic rings. The van der Waals surface area contributed by atoms with Gasteiger partial charge >= 0.3 is 0 Å². The Hall–Kier alpha value is -3.72. The number of carbonyl (C=O) groups excluding carboxylic acids is 2. The molecule has 0 bridgehead atoms. The molecule has 0 radical (unpaired) electrons. The number of carbonyl (C=O) groups is 2. The molecule has 2 amide bonds. The number of halogens is 1. The second kappa shape index (κ2) is 8.57. The SMILES string of the molecule is O=C(Nc1ccc2c(c1)N(Cc1ccc(Br)cc1)C(=O)CO2)c1ccc([N+](=O)[O-])cc1. The number of fused-ring (bicyclic) bond motifs is 1. The van der Waals surface area contributed by atoms with Gasteiger partial charge in [-0.05, 0) is 48.0 Å². The van der Waals surface area contributed by atoms with Gasteiger partial charge in [0.15, 0.2) is 6.61 Å². The first-order valence-electron chi connectivity index (χ1n) is 9.28. The van der Waals surface area contributed by atoms with E-state index >= 15 is 0 Å². The van der Waals surface area contributed by atoms with Crippen LogP contribution in [-0.4, -0.2) is 23.3 Å². The highest BCUT2D eigenvalue weighted by Gasteiger charge is 2.26. The highest BCUT2D eigenvalue weighted by Crippen LogP contribution is 2.35. The molecule has 0 spiro atoms. The first-order valence-corrected chi connectivity index (χ1v) is 10.1. The molecular weight excluding hydrogens is 466 g/mol. The van der Waals surface area contributed by atoms with E-state index in [1.807, 2.05) is 24.3 Å². The van der Waals surface area contributed by atoms with Crippen molar-refractivity contribution in [1.82, 2.24) is 0 Å². The van der Waals surface area contributed by atoms with Gasteiger partial charge in [-0.1, -0.05) is 28.1 Å². The number of benzene rings is 3. The molecule has 1 aliphatic heterocycles. The highest BCUT2D eigenvalue weighted by atomic mass is 79.9. The van der Waals surface area contributed by atoms with Crippen LogP contribution < -0.4 is 15.0 Å². The maximum absolute atomic E-state index is 12.5. The van der Waals surface area contributed by atoms with Gasteiger partial charge in [0, 0.05) is 27.9 Å². The third-order valence-corrected chi connectivity index (χ3v) is 5.28. The van der Waals surface area contributed by atoms with Gasteiger partial charge in [0.1, 0.15) is 5.75 Å². The maximum Gasteiger partial charge on any atom is 0.269 e. The second-order valence-corrected chi connectivity index (χ2v) is 7.75. The first kappa shape index (κ1) is 20.5. The van der Waals surface area contributed by atoms with E-state index in [-0.39, 0.29) is 23.8 Å². The molecule has 1 heterocycles. The molecule has 0 aliphatic carbocycles. The minimum Gasteiger partial charge on any atom is -0.482 e. The van der Waals surface area contributed by atoms with Crippen LogP contribution in [0.15, 0.2) is 71.2 Å². The topological polar surface area (TPSA) is 102 Å². The van der Waals surface area contributed by atoms with Crippen LogP contribution in [0.1, 0.15) is 15.9 Å². The van der Waals surface area contributed by atoms with Crippen molar-refractivity contribution in [2.45, 2.75) is 6.54 Å². The van der Waals surface area contributed by atoms with Gasteiger partial charge in [0.2, 0.25) is 0 Å². The van der Waals surface area contributed by atoms with Crippen molar-refractivity contribution < 1.29 is 19.2 Å². The summed E-state index contributed by atoms with van der Waals surface area (Å²) in [7, 11) is 0. The Morgan fingerprint density at radius 1 is 1.10 bits per heavy atom. The molecule has 31 heavy (non-hydrogen) atoms. The molecule has 156 valence electrons. The van der Waals surface area contributed by atoms with Crippen LogP contribution in [-0.2, 0) is 11.3 Å². The van der Waals surface area contributed by atoms with Crippen molar-refractivity contribution >= 4 is 44.8 Å². The summed E-state index contributed by atoms with van der Waals surface area (Å²) in [5, 5.41) is 13.5. The average Bonchev–Trinajstić information content (AvgIpc) is 2.77. The zero-order chi connectivity index (χ0) is 22.0. The van der Waals surface area contributed by atoms with Crippen molar-refractivity contribution in [1.29, 1.82) is 0 Å². The van der Waals surface area contributed by atoms with Crippen LogP contribution in [0.5, 0.6) is 5.75 Å². The molecular formula is C22H16BrN3O5. The molecule has 4 rings (SSSR count). The van der Waals surface area contributed by atoms with Crippen molar-refractivity contribution in [3.05, 3.63) is 92.4 Å². The number of ether oxygens (including phenoxy) is 1. The van der Waals surface area contributed by atoms with Gasteiger partial charge in [-0.2, -0.15) is 0 Å². The molecule has 3 aromatic carbocycles. The molecule has 0 saturated heterocycles. The van der Waals surface area contributed by atoms with Crippen LogP contribution in [0.25, 0.3) is 0 Å². The third-order valence-electron chi connectivity index (χ3n) is 4.75. The van der Waals surface area contributed by atoms with Crippen LogP contribution in [0.4, 0.5) is 17.1 Å². The lowest BCUT2D eigenvalue weighted by atomic mass is 10.1. The lowest BCUT2D eigenvalue weighted by Gasteiger charge is -2.30. The van der Waals surface area contributed by atoms with Gasteiger partial charge in [-0.3, -0.25) is 19.7 Å². The summed E-state index contributed by atoms with van der Waals surface area (Å²) >= 11 is 3.40. The van der Waals surface area contributed by atoms with Gasteiger partial charge in [0.25, 0.3) is 17.5 Å². The Kier molecular flexibility index (Phi) is 5.68. The number of hydrogen-bond donors (Lipinski definition) is 1. The van der Waals surface area contributed by atoms with Crippen molar-refractivity contribution in [2.75, 3.05) is 16.8 Å². The zero-order valence-electron chi connectivity index (χ0n) is 16.1. The fraction of sp³-hybridized carbons (Fsp3) is 0.0909. The van der Waals surface area contributed by atoms with E-state index in [4.69, 9.17) is 4.74 Å². The van der Waals surface area contributed by atoms with Gasteiger partial charge in [-0.15, -0.1) is 0 Å². The van der Waals surface area contributed by atoms with E-state index in [0.29, 0.717) is 23.7 Å². The van der Waals surface area contributed by atoms with Gasteiger partial charge < -0.3 is 15.0 Å². The number of nitrogens with zero attached hydrogens (tertiary/aromatic N) is 2. The second-order valence-electron chi connectivity index (χ2n) is 6.84. The standard InChI is InChI=1S/C22H16BrN3O5/c23-16-5-1-14(2-6-16)12-25-19-11-17(7-10-20(19)31-13-21(25)27)24-22(28)15-3-8-18(9-4-15)26(29)30/h1-11H,12-13H2,(H,24,28). The molecule has 0 unspecified atom stereocenters. The summed E-state index contributed by atoms with van der Waals surface area (Å²) in [6.07, 6.45) is 0. The van der Waals surface area contributed by atoms with E-state index in [9.17, 15) is 19.7 Å². The number of nitro benzene ring substituents is 1. The number of anilines is 2. The monoisotopic (exact) mass is 481 g/mol. The Bertz CT molecular complexity index is 1160. The number of amides is 2. The van der Waals surface area contributed by atoms with E-state index < -0.39 is 10.8 Å². The minimum atomic E-state index is -0.526. The lowest BCUT2D eigenvalue weighted by molar-refractivity contribution is -0.384. The van der Waals surface area contributed by atoms with Crippen LogP contribution >= 0.6 is 15.9 Å². The van der Waals surface area contributed by atoms with E-state index in [1.54, 1.807) is 23.1 Å². The Balaban J connectivity index is 1.56. The number of nitrogens with one attached hydrogen (secondary N) is 1. The Labute approximate surface area is 185 Å². The molecule has 0 atom stereocenters. The van der Waals surface area contributed by atoms with E-state index in [1.165, 1.54) is 24.3 Å². The smallest absolute Gasteiger partial charge is 0.269 e. The van der Waals surface area contributed by atoms with E-state index in [2.05, 4.69) is 21.2 Å². The number of rotatable bonds is 5. The highest BCUT2D eigenvalue weighted by molar-refractivity contribution is 9.10. The molecule has 0 fully saturated rings. The molecule has 0 saturated carbocycles. The first-order chi connectivity index (χ1) is 14.9. The lowest BCUT2D eigenvalue weighted by Crippen LogP contribution is -2.38. The number of non-ortho nitro benzene ring substituents is 1. The number of hydrogen-bond acceptors (Lipinski definition) is 5. The fourth-order valence-electron chi connectivity index (χ4n) is 3.16. The largest absolute Gasteiger partial charge is 0.482 e. The summed E-state index contributed by atoms with van der Waals surface area (Å²) in [4.78, 5) is 36.9. The predicted molar refractivity (Wildman–Crippen MR) is 118 cm³/mol. The molecule has 8 nitrogen and oxygen atoms in total. The Morgan fingerprint density at radius 2 is 1.81 bits per heavy atom. The third kappa shape index (κ3) is 4.56. The average molecular weight is 482 g/mol. The summed E-state index contributed by atoms with van der Waals surface area (Å²) in [6, 6.07) is 18.0. The van der Waals surface area contributed by atoms with Crippen LogP contribution in [0, 0.1) is 10.1 Å². The maximum atomic E-state index is 12.5. The summed E-state index contributed by atoms with van der Waals surface area (Å²) in [5.74, 6) is -0.0586.